The summed E-state index contributed by atoms with van der Waals surface area (Å²) in [5.41, 5.74) is 17.6. The number of fused-ring (bicyclic) bond motifs is 5. The minimum absolute atomic E-state index is 0.219. The van der Waals surface area contributed by atoms with E-state index >= 15 is 0 Å². The highest BCUT2D eigenvalue weighted by molar-refractivity contribution is 5.11. The number of nitrogens with two attached hydrogens (primary N) is 3. The molecule has 0 bridgehead atoms. The normalized spacial score (nSPS) is 30.4. The molecule has 0 saturated heterocycles. The van der Waals surface area contributed by atoms with Crippen LogP contribution in [-0.4, -0.2) is 69.9 Å². The predicted octanol–water partition coefficient (Wildman–Crippen LogP) is 11.3. The van der Waals surface area contributed by atoms with E-state index in [0.717, 1.165) is 75.2 Å². The van der Waals surface area contributed by atoms with Crippen molar-refractivity contribution in [3.63, 3.8) is 0 Å². The van der Waals surface area contributed by atoms with Crippen molar-refractivity contribution in [3.8, 4) is 0 Å². The zero-order chi connectivity index (χ0) is 41.6. The van der Waals surface area contributed by atoms with E-state index < -0.39 is 0 Å². The van der Waals surface area contributed by atoms with Gasteiger partial charge >= 0.3 is 0 Å². The summed E-state index contributed by atoms with van der Waals surface area (Å²) in [6.07, 6.45) is 38.6. The molecule has 0 aromatic rings. The lowest BCUT2D eigenvalue weighted by atomic mass is 9.44. The Balaban J connectivity index is 0.00000148. The molecule has 4 fully saturated rings. The minimum Gasteiger partial charge on any atom is -0.396 e. The minimum atomic E-state index is 0.219. The number of unbranched alkanes of at least 4 members (excludes halogenated alkanes) is 14. The van der Waals surface area contributed by atoms with E-state index in [2.05, 4.69) is 26.1 Å². The SMILES string of the molecule is CC.CCCCCCCCCCCCCCCCNCCCCC1CC[C@H]2C3C(CCC12C)C1(C)CC[C@@H](OCCCN)CC1C[C@H]3OCCCN.NCCCO. The molecule has 4 aliphatic rings. The topological polar surface area (TPSA) is 129 Å². The molecule has 7 nitrogen and oxygen atoms in total. The van der Waals surface area contributed by atoms with Gasteiger partial charge in [0.2, 0.25) is 0 Å². The van der Waals surface area contributed by atoms with Crippen molar-refractivity contribution < 1.29 is 14.6 Å². The summed E-state index contributed by atoms with van der Waals surface area (Å²) in [6.45, 7) is 18.1. The lowest BCUT2D eigenvalue weighted by molar-refractivity contribution is -0.190. The summed E-state index contributed by atoms with van der Waals surface area (Å²) in [6, 6.07) is 0. The number of aliphatic hydroxyl groups is 1. The quantitative estimate of drug-likeness (QED) is 0.0457. The first-order valence-electron chi connectivity index (χ1n) is 25.5. The van der Waals surface area contributed by atoms with Gasteiger partial charge in [-0.3, -0.25) is 0 Å². The maximum absolute atomic E-state index is 7.99. The van der Waals surface area contributed by atoms with Crippen molar-refractivity contribution >= 4 is 0 Å². The van der Waals surface area contributed by atoms with Crippen LogP contribution < -0.4 is 22.5 Å². The van der Waals surface area contributed by atoms with Crippen molar-refractivity contribution in [2.75, 3.05) is 52.5 Å². The molecule has 0 heterocycles. The van der Waals surface area contributed by atoms with Crippen molar-refractivity contribution in [1.82, 2.24) is 5.32 Å². The molecule has 0 spiro atoms. The molecular weight excluding hydrogens is 705 g/mol. The highest BCUT2D eigenvalue weighted by Gasteiger charge is 2.62. The number of hydrogen-bond acceptors (Lipinski definition) is 7. The third-order valence-electron chi connectivity index (χ3n) is 15.4. The molecule has 4 rings (SSSR count). The van der Waals surface area contributed by atoms with E-state index in [9.17, 15) is 0 Å². The van der Waals surface area contributed by atoms with E-state index in [1.165, 1.54) is 174 Å². The number of nitrogens with one attached hydrogen (secondary N) is 1. The molecule has 0 radical (unpaired) electrons. The summed E-state index contributed by atoms with van der Waals surface area (Å²) >= 11 is 0. The van der Waals surface area contributed by atoms with Crippen molar-refractivity contribution in [2.24, 2.45) is 57.6 Å². The number of aliphatic hydroxyl groups excluding tert-OH is 1. The first-order valence-corrected chi connectivity index (χ1v) is 25.5. The highest BCUT2D eigenvalue weighted by Crippen LogP contribution is 2.68. The van der Waals surface area contributed by atoms with Gasteiger partial charge in [-0.25, -0.2) is 0 Å². The van der Waals surface area contributed by atoms with E-state index in [-0.39, 0.29) is 6.61 Å². The second-order valence-corrected chi connectivity index (χ2v) is 19.2. The van der Waals surface area contributed by atoms with Crippen LogP contribution in [0.25, 0.3) is 0 Å². The Morgan fingerprint density at radius 2 is 1.11 bits per heavy atom. The maximum Gasteiger partial charge on any atom is 0.0611 e. The summed E-state index contributed by atoms with van der Waals surface area (Å²) in [5.74, 6) is 4.01. The second kappa shape index (κ2) is 32.4. The van der Waals surface area contributed by atoms with Gasteiger partial charge in [-0.05, 0) is 163 Å². The van der Waals surface area contributed by atoms with Crippen molar-refractivity contribution in [2.45, 2.75) is 227 Å². The highest BCUT2D eigenvalue weighted by atomic mass is 16.5. The van der Waals surface area contributed by atoms with Crippen LogP contribution in [0.15, 0.2) is 0 Å². The van der Waals surface area contributed by atoms with Gasteiger partial charge < -0.3 is 37.1 Å². The number of hydrogen-bond donors (Lipinski definition) is 5. The summed E-state index contributed by atoms with van der Waals surface area (Å²) < 4.78 is 13.2. The van der Waals surface area contributed by atoms with E-state index in [1.807, 2.05) is 13.8 Å². The van der Waals surface area contributed by atoms with Gasteiger partial charge in [0.1, 0.15) is 0 Å². The third-order valence-corrected chi connectivity index (χ3v) is 15.4. The molecule has 6 unspecified atom stereocenters. The van der Waals surface area contributed by atoms with Gasteiger partial charge in [0.25, 0.3) is 0 Å². The second-order valence-electron chi connectivity index (χ2n) is 19.2. The standard InChI is InChI=1S/C45H87N3O2.C3H9NO.C2H6/c1-4-5-6-7-8-9-10-11-12-13-14-15-16-18-31-48-32-19-17-22-37-23-24-40-43-41(26-28-44(37,40)2)45(3)27-25-39(49-33-20-29-46)35-38(45)36-42(43)50-34-21-30-47;4-2-1-3-5;1-2/h37-43,48H,4-36,46-47H2,1-3H3;5H,1-4H2;1-2H3/t37?,38?,39-,40+,41?,42-,43?,44?,45?;;/m1../s1. The smallest absolute Gasteiger partial charge is 0.0611 e. The molecule has 4 aliphatic carbocycles. The van der Waals surface area contributed by atoms with Gasteiger partial charge in [0.05, 0.1) is 12.2 Å². The maximum atomic E-state index is 7.99. The van der Waals surface area contributed by atoms with Crippen LogP contribution in [0.4, 0.5) is 0 Å². The lowest BCUT2D eigenvalue weighted by Gasteiger charge is -2.63. The van der Waals surface area contributed by atoms with Gasteiger partial charge in [-0.2, -0.15) is 0 Å². The monoisotopic (exact) mass is 807 g/mol. The van der Waals surface area contributed by atoms with Crippen LogP contribution in [0.2, 0.25) is 0 Å². The van der Waals surface area contributed by atoms with Crippen LogP contribution in [-0.2, 0) is 9.47 Å². The van der Waals surface area contributed by atoms with Gasteiger partial charge in [0, 0.05) is 19.8 Å². The molecule has 57 heavy (non-hydrogen) atoms. The molecule has 0 aliphatic heterocycles. The van der Waals surface area contributed by atoms with Gasteiger partial charge in [-0.1, -0.05) is 125 Å². The summed E-state index contributed by atoms with van der Waals surface area (Å²) in [7, 11) is 0. The van der Waals surface area contributed by atoms with Crippen molar-refractivity contribution in [3.05, 3.63) is 0 Å². The lowest BCUT2D eigenvalue weighted by Crippen LogP contribution is -2.59. The molecule has 0 aromatic carbocycles. The molecule has 0 aromatic heterocycles. The first-order chi connectivity index (χ1) is 27.9. The van der Waals surface area contributed by atoms with Crippen LogP contribution >= 0.6 is 0 Å². The Labute approximate surface area is 355 Å². The van der Waals surface area contributed by atoms with E-state index in [1.54, 1.807) is 0 Å². The average Bonchev–Trinajstić information content (AvgIpc) is 3.56. The predicted molar refractivity (Wildman–Crippen MR) is 247 cm³/mol. The number of ether oxygens (including phenoxy) is 2. The van der Waals surface area contributed by atoms with Gasteiger partial charge in [0.15, 0.2) is 0 Å². The molecule has 340 valence electrons. The number of rotatable bonds is 30. The van der Waals surface area contributed by atoms with E-state index in [0.29, 0.717) is 29.6 Å². The summed E-state index contributed by atoms with van der Waals surface area (Å²) in [5, 5.41) is 11.8. The zero-order valence-corrected chi connectivity index (χ0v) is 39.0. The Morgan fingerprint density at radius 3 is 1.67 bits per heavy atom. The van der Waals surface area contributed by atoms with Crippen LogP contribution in [0.3, 0.4) is 0 Å². The first kappa shape index (κ1) is 52.9. The third kappa shape index (κ3) is 18.3. The zero-order valence-electron chi connectivity index (χ0n) is 39.0. The molecule has 9 atom stereocenters. The molecule has 0 amide bonds. The van der Waals surface area contributed by atoms with E-state index in [4.69, 9.17) is 31.8 Å². The van der Waals surface area contributed by atoms with Crippen LogP contribution in [0.5, 0.6) is 0 Å². The summed E-state index contributed by atoms with van der Waals surface area (Å²) in [4.78, 5) is 0. The Kier molecular flexibility index (Phi) is 30.1. The molecule has 4 saturated carbocycles. The fourth-order valence-corrected chi connectivity index (χ4v) is 12.0. The van der Waals surface area contributed by atoms with Crippen LogP contribution in [0, 0.1) is 40.4 Å². The molecule has 8 N–H and O–H groups in total. The molecule has 7 heteroatoms. The Hall–Kier alpha value is -0.280. The largest absolute Gasteiger partial charge is 0.396 e. The van der Waals surface area contributed by atoms with Gasteiger partial charge in [-0.15, -0.1) is 0 Å². The Morgan fingerprint density at radius 1 is 0.579 bits per heavy atom. The fraction of sp³-hybridized carbons (Fsp3) is 1.00. The average molecular weight is 807 g/mol. The molecular formula is C50H102N4O3. The van der Waals surface area contributed by atoms with Crippen LogP contribution in [0.1, 0.15) is 214 Å². The van der Waals surface area contributed by atoms with Crippen molar-refractivity contribution in [1.29, 1.82) is 0 Å². The fourth-order valence-electron chi connectivity index (χ4n) is 12.0. The Bertz CT molecular complexity index is 924.